The minimum atomic E-state index is -0.214. The minimum absolute atomic E-state index is 0.214. The highest BCUT2D eigenvalue weighted by Crippen LogP contribution is 2.44. The number of hydrogen-bond acceptors (Lipinski definition) is 2. The zero-order chi connectivity index (χ0) is 20.4. The van der Waals surface area contributed by atoms with Gasteiger partial charge in [-0.15, -0.1) is 0 Å². The molecule has 0 aromatic heterocycles. The molecule has 0 atom stereocenters. The van der Waals surface area contributed by atoms with Crippen molar-refractivity contribution in [1.29, 1.82) is 0 Å². The van der Waals surface area contributed by atoms with Crippen LogP contribution in [-0.2, 0) is 6.42 Å². The quantitative estimate of drug-likeness (QED) is 0.568. The van der Waals surface area contributed by atoms with E-state index in [-0.39, 0.29) is 11.1 Å². The third kappa shape index (κ3) is 4.56. The molecule has 2 aromatic rings. The molecule has 0 saturated carbocycles. The largest absolute Gasteiger partial charge is 0.313 e. The van der Waals surface area contributed by atoms with Crippen molar-refractivity contribution in [2.75, 3.05) is 0 Å². The molecule has 0 spiro atoms. The summed E-state index contributed by atoms with van der Waals surface area (Å²) in [4.78, 5) is 0. The molecule has 1 aliphatic rings. The van der Waals surface area contributed by atoms with Crippen LogP contribution in [0.3, 0.4) is 0 Å². The summed E-state index contributed by atoms with van der Waals surface area (Å²) < 4.78 is 0. The van der Waals surface area contributed by atoms with Crippen molar-refractivity contribution < 1.29 is 5.21 Å². The van der Waals surface area contributed by atoms with E-state index in [0.717, 1.165) is 25.7 Å². The van der Waals surface area contributed by atoms with Crippen molar-refractivity contribution >= 4 is 0 Å². The molecule has 28 heavy (non-hydrogen) atoms. The van der Waals surface area contributed by atoms with E-state index in [2.05, 4.69) is 95.3 Å². The molecular weight excluding hydrogens is 342 g/mol. The highest BCUT2D eigenvalue weighted by Gasteiger charge is 2.45. The van der Waals surface area contributed by atoms with Gasteiger partial charge in [0.1, 0.15) is 0 Å². The van der Waals surface area contributed by atoms with Crippen LogP contribution in [0.25, 0.3) is 11.1 Å². The molecule has 2 aromatic carbocycles. The average Bonchev–Trinajstić information content (AvgIpc) is 2.66. The lowest BCUT2D eigenvalue weighted by atomic mass is 9.72. The summed E-state index contributed by atoms with van der Waals surface area (Å²) in [5, 5.41) is 12.1. The molecule has 2 nitrogen and oxygen atoms in total. The molecule has 0 radical (unpaired) electrons. The summed E-state index contributed by atoms with van der Waals surface area (Å²) in [6.45, 7) is 10.6. The van der Waals surface area contributed by atoms with Gasteiger partial charge in [-0.3, -0.25) is 0 Å². The zero-order valence-electron chi connectivity index (χ0n) is 18.1. The lowest BCUT2D eigenvalue weighted by Crippen LogP contribution is -2.58. The number of hydrogen-bond donors (Lipinski definition) is 1. The van der Waals surface area contributed by atoms with Gasteiger partial charge in [0.25, 0.3) is 0 Å². The van der Waals surface area contributed by atoms with Gasteiger partial charge in [-0.2, -0.15) is 5.06 Å². The Bertz CT molecular complexity index is 781. The Morgan fingerprint density at radius 2 is 1.39 bits per heavy atom. The smallest absolute Gasteiger partial charge is 0.0416 e. The Labute approximate surface area is 170 Å². The van der Waals surface area contributed by atoms with Gasteiger partial charge < -0.3 is 5.21 Å². The van der Waals surface area contributed by atoms with Gasteiger partial charge >= 0.3 is 0 Å². The molecule has 150 valence electrons. The highest BCUT2D eigenvalue weighted by molar-refractivity contribution is 5.64. The molecule has 0 amide bonds. The van der Waals surface area contributed by atoms with Crippen molar-refractivity contribution in [3.05, 3.63) is 71.8 Å². The van der Waals surface area contributed by atoms with Gasteiger partial charge in [-0.05, 0) is 88.5 Å². The monoisotopic (exact) mass is 377 g/mol. The number of hydroxylamine groups is 2. The molecule has 1 heterocycles. The van der Waals surface area contributed by atoms with Crippen LogP contribution >= 0.6 is 0 Å². The van der Waals surface area contributed by atoms with Gasteiger partial charge in [0.2, 0.25) is 0 Å². The Morgan fingerprint density at radius 1 is 0.893 bits per heavy atom. The average molecular weight is 378 g/mol. The third-order valence-corrected chi connectivity index (χ3v) is 6.14. The van der Waals surface area contributed by atoms with Crippen molar-refractivity contribution in [3.63, 3.8) is 0 Å². The first-order valence-corrected chi connectivity index (χ1v) is 10.5. The van der Waals surface area contributed by atoms with Crippen LogP contribution in [0, 0.1) is 0 Å². The van der Waals surface area contributed by atoms with E-state index in [0.29, 0.717) is 5.92 Å². The van der Waals surface area contributed by atoms with E-state index >= 15 is 0 Å². The second kappa shape index (κ2) is 8.23. The van der Waals surface area contributed by atoms with Crippen molar-refractivity contribution in [2.45, 2.75) is 77.3 Å². The second-order valence-electron chi connectivity index (χ2n) is 9.47. The van der Waals surface area contributed by atoms with Crippen molar-refractivity contribution in [2.24, 2.45) is 0 Å². The fraction of sp³-hybridized carbons (Fsp3) is 0.462. The first-order chi connectivity index (χ1) is 13.2. The third-order valence-electron chi connectivity index (χ3n) is 6.14. The van der Waals surface area contributed by atoms with Crippen molar-refractivity contribution in [1.82, 2.24) is 5.06 Å². The van der Waals surface area contributed by atoms with E-state index in [1.54, 1.807) is 5.06 Å². The maximum Gasteiger partial charge on any atom is 0.0416 e. The summed E-state index contributed by atoms with van der Waals surface area (Å²) in [6.07, 6.45) is 8.46. The van der Waals surface area contributed by atoms with Gasteiger partial charge in [-0.1, -0.05) is 60.7 Å². The van der Waals surface area contributed by atoms with E-state index in [9.17, 15) is 5.21 Å². The van der Waals surface area contributed by atoms with Crippen molar-refractivity contribution in [3.8, 4) is 11.1 Å². The van der Waals surface area contributed by atoms with E-state index in [1.165, 1.54) is 22.3 Å². The Morgan fingerprint density at radius 3 is 1.89 bits per heavy atom. The molecule has 1 saturated heterocycles. The predicted molar refractivity (Wildman–Crippen MR) is 119 cm³/mol. The topological polar surface area (TPSA) is 23.5 Å². The van der Waals surface area contributed by atoms with Gasteiger partial charge in [0.05, 0.1) is 0 Å². The van der Waals surface area contributed by atoms with Crippen LogP contribution in [0.1, 0.15) is 70.9 Å². The standard InChI is InChI=1S/C26H35NO/c1-6-7-8-9-20-10-12-21(13-11-20)22-14-16-23(17-15-22)24-18-25(2,3)27(28)26(4,5)19-24/h6-7,10-17,24,28H,8-9,18-19H2,1-5H3/b7-6+. The molecular formula is C26H35NO. The SMILES string of the molecule is C/C=C/CCc1ccc(-c2ccc(C3CC(C)(C)N(O)C(C)(C)C3)cc2)cc1. The molecule has 0 bridgehead atoms. The van der Waals surface area contributed by atoms with Crippen LogP contribution in [-0.4, -0.2) is 21.3 Å². The lowest BCUT2D eigenvalue weighted by Gasteiger charge is -2.51. The molecule has 1 fully saturated rings. The summed E-state index contributed by atoms with van der Waals surface area (Å²) in [6, 6.07) is 18.0. The van der Waals surface area contributed by atoms with E-state index in [4.69, 9.17) is 0 Å². The van der Waals surface area contributed by atoms with Crippen LogP contribution in [0.4, 0.5) is 0 Å². The normalized spacial score (nSPS) is 19.9. The Kier molecular flexibility index (Phi) is 6.12. The summed E-state index contributed by atoms with van der Waals surface area (Å²) >= 11 is 0. The number of allylic oxidation sites excluding steroid dienone is 2. The number of piperidine rings is 1. The summed E-state index contributed by atoms with van der Waals surface area (Å²) in [7, 11) is 0. The van der Waals surface area contributed by atoms with Crippen LogP contribution in [0.15, 0.2) is 60.7 Å². The molecule has 0 aliphatic carbocycles. The molecule has 1 N–H and O–H groups in total. The van der Waals surface area contributed by atoms with E-state index in [1.807, 2.05) is 0 Å². The van der Waals surface area contributed by atoms with Crippen LogP contribution < -0.4 is 0 Å². The predicted octanol–water partition coefficient (Wildman–Crippen LogP) is 6.99. The second-order valence-corrected chi connectivity index (χ2v) is 9.47. The molecule has 0 unspecified atom stereocenters. The van der Waals surface area contributed by atoms with Crippen LogP contribution in [0.5, 0.6) is 0 Å². The summed E-state index contributed by atoms with van der Waals surface area (Å²) in [5.41, 5.74) is 4.87. The minimum Gasteiger partial charge on any atom is -0.313 e. The van der Waals surface area contributed by atoms with Gasteiger partial charge in [-0.25, -0.2) is 0 Å². The number of benzene rings is 2. The first kappa shape index (κ1) is 20.8. The maximum atomic E-state index is 10.5. The fourth-order valence-electron chi connectivity index (χ4n) is 4.73. The molecule has 2 heteroatoms. The number of rotatable bonds is 5. The molecule has 3 rings (SSSR count). The van der Waals surface area contributed by atoms with Crippen LogP contribution in [0.2, 0.25) is 0 Å². The first-order valence-electron chi connectivity index (χ1n) is 10.5. The lowest BCUT2D eigenvalue weighted by molar-refractivity contribution is -0.245. The maximum absolute atomic E-state index is 10.5. The van der Waals surface area contributed by atoms with Gasteiger partial charge in [0.15, 0.2) is 0 Å². The number of nitrogens with zero attached hydrogens (tertiary/aromatic N) is 1. The number of aryl methyl sites for hydroxylation is 1. The summed E-state index contributed by atoms with van der Waals surface area (Å²) in [5.74, 6) is 0.469. The highest BCUT2D eigenvalue weighted by atomic mass is 16.5. The Hall–Kier alpha value is -1.90. The van der Waals surface area contributed by atoms with Gasteiger partial charge in [0, 0.05) is 11.1 Å². The zero-order valence-corrected chi connectivity index (χ0v) is 18.1. The fourth-order valence-corrected chi connectivity index (χ4v) is 4.73. The Balaban J connectivity index is 1.73. The van der Waals surface area contributed by atoms with E-state index < -0.39 is 0 Å². The molecule has 1 aliphatic heterocycles.